The number of para-hydroxylation sites is 1. The second-order valence-corrected chi connectivity index (χ2v) is 6.04. The zero-order valence-corrected chi connectivity index (χ0v) is 12.9. The molecule has 1 aromatic heterocycles. The molecule has 0 saturated carbocycles. The molecule has 3 rings (SSSR count). The van der Waals surface area contributed by atoms with Crippen molar-refractivity contribution in [3.8, 4) is 5.75 Å². The Hall–Kier alpha value is -2.08. The molecule has 1 aromatic carbocycles. The molecule has 0 radical (unpaired) electrons. The molecule has 6 heteroatoms. The third kappa shape index (κ3) is 2.85. The van der Waals surface area contributed by atoms with Crippen molar-refractivity contribution in [2.24, 2.45) is 0 Å². The Balaban J connectivity index is 1.81. The van der Waals surface area contributed by atoms with Crippen molar-refractivity contribution in [2.45, 2.75) is 13.5 Å². The summed E-state index contributed by atoms with van der Waals surface area (Å²) in [4.78, 5) is 18.7. The highest BCUT2D eigenvalue weighted by atomic mass is 32.1. The molecular weight excluding hydrogens is 286 g/mol. The van der Waals surface area contributed by atoms with E-state index in [-0.39, 0.29) is 5.91 Å². The number of aryl methyl sites for hydroxylation is 1. The summed E-state index contributed by atoms with van der Waals surface area (Å²) in [6, 6.07) is 5.60. The minimum Gasteiger partial charge on any atom is -0.489 e. The lowest BCUT2D eigenvalue weighted by Crippen LogP contribution is -2.28. The SMILES string of the molecule is Cc1nc(CN(C)C(=O)c2cccc3c2OCCN3)cs1. The van der Waals surface area contributed by atoms with Crippen LogP contribution in [0.5, 0.6) is 5.75 Å². The van der Waals surface area contributed by atoms with Crippen LogP contribution in [0.1, 0.15) is 21.1 Å². The van der Waals surface area contributed by atoms with Gasteiger partial charge in [0.15, 0.2) is 5.75 Å². The van der Waals surface area contributed by atoms with Gasteiger partial charge in [-0.05, 0) is 19.1 Å². The summed E-state index contributed by atoms with van der Waals surface area (Å²) in [5, 5.41) is 6.24. The Bertz CT molecular complexity index is 669. The van der Waals surface area contributed by atoms with Crippen molar-refractivity contribution in [2.75, 3.05) is 25.5 Å². The average Bonchev–Trinajstić information content (AvgIpc) is 2.91. The number of amides is 1. The number of rotatable bonds is 3. The van der Waals surface area contributed by atoms with Crippen LogP contribution in [0.2, 0.25) is 0 Å². The van der Waals surface area contributed by atoms with E-state index < -0.39 is 0 Å². The Morgan fingerprint density at radius 2 is 2.38 bits per heavy atom. The van der Waals surface area contributed by atoms with Gasteiger partial charge < -0.3 is 15.0 Å². The summed E-state index contributed by atoms with van der Waals surface area (Å²) in [7, 11) is 1.78. The van der Waals surface area contributed by atoms with Gasteiger partial charge in [0, 0.05) is 19.0 Å². The van der Waals surface area contributed by atoms with E-state index in [9.17, 15) is 4.79 Å². The summed E-state index contributed by atoms with van der Waals surface area (Å²) in [5.74, 6) is 0.594. The molecule has 2 heterocycles. The number of thiazole rings is 1. The van der Waals surface area contributed by atoms with Crippen molar-refractivity contribution >= 4 is 22.9 Å². The summed E-state index contributed by atoms with van der Waals surface area (Å²) in [5.41, 5.74) is 2.39. The van der Waals surface area contributed by atoms with Gasteiger partial charge in [-0.2, -0.15) is 0 Å². The van der Waals surface area contributed by atoms with Crippen LogP contribution in [-0.4, -0.2) is 36.0 Å². The molecule has 1 aliphatic rings. The number of benzene rings is 1. The summed E-state index contributed by atoms with van der Waals surface area (Å²) < 4.78 is 5.66. The van der Waals surface area contributed by atoms with Crippen molar-refractivity contribution in [1.82, 2.24) is 9.88 Å². The quantitative estimate of drug-likeness (QED) is 0.946. The van der Waals surface area contributed by atoms with Crippen LogP contribution < -0.4 is 10.1 Å². The molecule has 5 nitrogen and oxygen atoms in total. The molecule has 0 atom stereocenters. The van der Waals surface area contributed by atoms with E-state index in [1.54, 1.807) is 29.4 Å². The van der Waals surface area contributed by atoms with E-state index >= 15 is 0 Å². The van der Waals surface area contributed by atoms with Crippen LogP contribution in [0.4, 0.5) is 5.69 Å². The highest BCUT2D eigenvalue weighted by molar-refractivity contribution is 7.09. The van der Waals surface area contributed by atoms with Crippen molar-refractivity contribution in [1.29, 1.82) is 0 Å². The van der Waals surface area contributed by atoms with E-state index in [0.717, 1.165) is 22.9 Å². The Kier molecular flexibility index (Phi) is 3.79. The van der Waals surface area contributed by atoms with E-state index in [1.807, 2.05) is 24.4 Å². The van der Waals surface area contributed by atoms with Gasteiger partial charge in [-0.15, -0.1) is 11.3 Å². The van der Waals surface area contributed by atoms with Gasteiger partial charge in [-0.1, -0.05) is 6.07 Å². The maximum atomic E-state index is 12.6. The first-order valence-electron chi connectivity index (χ1n) is 6.81. The molecule has 0 aliphatic carbocycles. The number of ether oxygens (including phenoxy) is 1. The first kappa shape index (κ1) is 13.9. The predicted octanol–water partition coefficient (Wildman–Crippen LogP) is 2.53. The topological polar surface area (TPSA) is 54.5 Å². The summed E-state index contributed by atoms with van der Waals surface area (Å²) in [6.45, 7) is 3.80. The van der Waals surface area contributed by atoms with Crippen LogP contribution in [0.15, 0.2) is 23.6 Å². The lowest BCUT2D eigenvalue weighted by atomic mass is 10.1. The minimum atomic E-state index is -0.0544. The number of nitrogens with zero attached hydrogens (tertiary/aromatic N) is 2. The monoisotopic (exact) mass is 303 g/mol. The number of carbonyl (C=O) groups excluding carboxylic acids is 1. The lowest BCUT2D eigenvalue weighted by Gasteiger charge is -2.23. The van der Waals surface area contributed by atoms with Gasteiger partial charge >= 0.3 is 0 Å². The molecule has 1 N–H and O–H groups in total. The van der Waals surface area contributed by atoms with E-state index in [2.05, 4.69) is 10.3 Å². The van der Waals surface area contributed by atoms with Gasteiger partial charge in [0.2, 0.25) is 0 Å². The number of carbonyl (C=O) groups is 1. The first-order valence-corrected chi connectivity index (χ1v) is 7.69. The number of hydrogen-bond donors (Lipinski definition) is 1. The number of anilines is 1. The minimum absolute atomic E-state index is 0.0544. The number of nitrogens with one attached hydrogen (secondary N) is 1. The van der Waals surface area contributed by atoms with Gasteiger partial charge in [0.1, 0.15) is 6.61 Å². The fourth-order valence-electron chi connectivity index (χ4n) is 2.34. The average molecular weight is 303 g/mol. The molecule has 1 aliphatic heterocycles. The molecule has 0 saturated heterocycles. The maximum absolute atomic E-state index is 12.6. The lowest BCUT2D eigenvalue weighted by molar-refractivity contribution is 0.0779. The van der Waals surface area contributed by atoms with Crippen LogP contribution in [0.25, 0.3) is 0 Å². The molecule has 0 fully saturated rings. The Labute approximate surface area is 127 Å². The molecule has 0 spiro atoms. The summed E-state index contributed by atoms with van der Waals surface area (Å²) >= 11 is 1.59. The molecule has 2 aromatic rings. The maximum Gasteiger partial charge on any atom is 0.257 e. The number of hydrogen-bond acceptors (Lipinski definition) is 5. The van der Waals surface area contributed by atoms with Crippen LogP contribution in [-0.2, 0) is 6.54 Å². The van der Waals surface area contributed by atoms with Crippen LogP contribution in [0, 0.1) is 6.92 Å². The number of fused-ring (bicyclic) bond motifs is 1. The predicted molar refractivity (Wildman–Crippen MR) is 83.1 cm³/mol. The van der Waals surface area contributed by atoms with Crippen LogP contribution >= 0.6 is 11.3 Å². The highest BCUT2D eigenvalue weighted by Gasteiger charge is 2.21. The fraction of sp³-hybridized carbons (Fsp3) is 0.333. The summed E-state index contributed by atoms with van der Waals surface area (Å²) in [6.07, 6.45) is 0. The second kappa shape index (κ2) is 5.73. The Morgan fingerprint density at radius 3 is 3.14 bits per heavy atom. The second-order valence-electron chi connectivity index (χ2n) is 4.98. The van der Waals surface area contributed by atoms with E-state index in [0.29, 0.717) is 24.5 Å². The fourth-order valence-corrected chi connectivity index (χ4v) is 2.94. The van der Waals surface area contributed by atoms with Gasteiger partial charge in [-0.25, -0.2) is 4.98 Å². The van der Waals surface area contributed by atoms with E-state index in [1.165, 1.54) is 0 Å². The van der Waals surface area contributed by atoms with Crippen LogP contribution in [0.3, 0.4) is 0 Å². The Morgan fingerprint density at radius 1 is 1.52 bits per heavy atom. The molecule has 21 heavy (non-hydrogen) atoms. The molecule has 0 bridgehead atoms. The van der Waals surface area contributed by atoms with Gasteiger partial charge in [-0.3, -0.25) is 4.79 Å². The standard InChI is InChI=1S/C15H17N3O2S/c1-10-17-11(9-21-10)8-18(2)15(19)12-4-3-5-13-14(12)20-7-6-16-13/h3-5,9,16H,6-8H2,1-2H3. The van der Waals surface area contributed by atoms with Crippen molar-refractivity contribution in [3.05, 3.63) is 39.8 Å². The highest BCUT2D eigenvalue weighted by Crippen LogP contribution is 2.32. The zero-order valence-electron chi connectivity index (χ0n) is 12.0. The normalized spacial score (nSPS) is 13.0. The van der Waals surface area contributed by atoms with Crippen molar-refractivity contribution < 1.29 is 9.53 Å². The van der Waals surface area contributed by atoms with Gasteiger partial charge in [0.05, 0.1) is 28.5 Å². The molecule has 1 amide bonds. The molecular formula is C15H17N3O2S. The molecule has 0 unspecified atom stereocenters. The van der Waals surface area contributed by atoms with Crippen molar-refractivity contribution in [3.63, 3.8) is 0 Å². The largest absolute Gasteiger partial charge is 0.489 e. The zero-order chi connectivity index (χ0) is 14.8. The third-order valence-corrected chi connectivity index (χ3v) is 4.14. The third-order valence-electron chi connectivity index (χ3n) is 3.32. The van der Waals surface area contributed by atoms with E-state index in [4.69, 9.17) is 4.74 Å². The first-order chi connectivity index (χ1) is 10.1. The van der Waals surface area contributed by atoms with Gasteiger partial charge in [0.25, 0.3) is 5.91 Å². The number of aromatic nitrogens is 1. The smallest absolute Gasteiger partial charge is 0.257 e. The molecule has 110 valence electrons.